The molecule has 0 spiro atoms. The van der Waals surface area contributed by atoms with Crippen LogP contribution in [-0.2, 0) is 10.2 Å². The average Bonchev–Trinajstić information content (AvgIpc) is 2.28. The molecule has 0 saturated heterocycles. The van der Waals surface area contributed by atoms with E-state index >= 15 is 0 Å². The minimum atomic E-state index is -3.65. The van der Waals surface area contributed by atoms with Gasteiger partial charge in [-0.05, 0) is 17.0 Å². The molecule has 1 aromatic carbocycles. The van der Waals surface area contributed by atoms with Crippen LogP contribution in [0, 0.1) is 0 Å². The lowest BCUT2D eigenvalue weighted by atomic mass is 10.0. The molecule has 0 aromatic heterocycles. The molecule has 0 aliphatic rings. The van der Waals surface area contributed by atoms with Crippen molar-refractivity contribution in [3.8, 4) is 0 Å². The van der Waals surface area contributed by atoms with Gasteiger partial charge in [-0.3, -0.25) is 0 Å². The zero-order valence-electron chi connectivity index (χ0n) is 11.1. The number of hydrogen-bond donors (Lipinski definition) is 2. The van der Waals surface area contributed by atoms with E-state index in [1.54, 1.807) is 18.2 Å². The van der Waals surface area contributed by atoms with Crippen molar-refractivity contribution in [1.29, 1.82) is 0 Å². The molecule has 18 heavy (non-hydrogen) atoms. The largest absolute Gasteiger partial charge is 0.373 e. The normalized spacial score (nSPS) is 14.2. The monoisotopic (exact) mass is 272 g/mol. The molecule has 6 heteroatoms. The van der Waals surface area contributed by atoms with Crippen molar-refractivity contribution in [3.05, 3.63) is 35.4 Å². The number of aliphatic hydroxyl groups excluding tert-OH is 1. The van der Waals surface area contributed by atoms with Crippen molar-refractivity contribution in [1.82, 2.24) is 9.03 Å². The van der Waals surface area contributed by atoms with Crippen LogP contribution >= 0.6 is 0 Å². The third kappa shape index (κ3) is 3.78. The second-order valence-corrected chi connectivity index (χ2v) is 6.55. The number of benzene rings is 1. The van der Waals surface area contributed by atoms with Crippen LogP contribution in [0.2, 0.25) is 0 Å². The van der Waals surface area contributed by atoms with Gasteiger partial charge in [0.25, 0.3) is 10.2 Å². The summed E-state index contributed by atoms with van der Waals surface area (Å²) in [6.07, 6.45) is -1.24. The van der Waals surface area contributed by atoms with Crippen molar-refractivity contribution in [3.63, 3.8) is 0 Å². The summed E-state index contributed by atoms with van der Waals surface area (Å²) >= 11 is 0. The van der Waals surface area contributed by atoms with E-state index in [0.717, 1.165) is 9.87 Å². The van der Waals surface area contributed by atoms with Gasteiger partial charge in [0.2, 0.25) is 0 Å². The quantitative estimate of drug-likeness (QED) is 0.791. The summed E-state index contributed by atoms with van der Waals surface area (Å²) in [5.74, 6) is 0.322. The minimum absolute atomic E-state index is 0.322. The Labute approximate surface area is 109 Å². The molecule has 0 aliphatic carbocycles. The van der Waals surface area contributed by atoms with Gasteiger partial charge in [-0.1, -0.05) is 38.1 Å². The Kier molecular flexibility index (Phi) is 4.86. The summed E-state index contributed by atoms with van der Waals surface area (Å²) in [6.45, 7) is 4.07. The standard InChI is InChI=1S/C12H20N2O3S/c1-9(2)10-6-5-7-11(8-10)12(15)13-18(16,17)14(3)4/h5-9,12-13,15H,1-4H3. The smallest absolute Gasteiger partial charge is 0.281 e. The van der Waals surface area contributed by atoms with Gasteiger partial charge in [0.05, 0.1) is 0 Å². The van der Waals surface area contributed by atoms with Crippen molar-refractivity contribution in [2.45, 2.75) is 26.0 Å². The average molecular weight is 272 g/mol. The minimum Gasteiger partial charge on any atom is -0.373 e. The van der Waals surface area contributed by atoms with E-state index < -0.39 is 16.4 Å². The molecule has 1 atom stereocenters. The molecule has 0 saturated carbocycles. The number of nitrogens with zero attached hydrogens (tertiary/aromatic N) is 1. The molecular formula is C12H20N2O3S. The molecule has 5 nitrogen and oxygen atoms in total. The highest BCUT2D eigenvalue weighted by molar-refractivity contribution is 7.87. The van der Waals surface area contributed by atoms with Gasteiger partial charge in [-0.15, -0.1) is 0 Å². The van der Waals surface area contributed by atoms with Gasteiger partial charge in [0.1, 0.15) is 6.23 Å². The summed E-state index contributed by atoms with van der Waals surface area (Å²) in [5, 5.41) is 9.89. The molecule has 0 bridgehead atoms. The topological polar surface area (TPSA) is 69.6 Å². The van der Waals surface area contributed by atoms with Crippen molar-refractivity contribution < 1.29 is 13.5 Å². The molecule has 2 N–H and O–H groups in total. The maximum atomic E-state index is 11.6. The van der Waals surface area contributed by atoms with E-state index in [4.69, 9.17) is 0 Å². The predicted octanol–water partition coefficient (Wildman–Crippen LogP) is 1.20. The first-order valence-corrected chi connectivity index (χ1v) is 7.15. The Morgan fingerprint density at radius 2 is 1.78 bits per heavy atom. The zero-order chi connectivity index (χ0) is 13.9. The summed E-state index contributed by atoms with van der Waals surface area (Å²) in [7, 11) is -0.841. The highest BCUT2D eigenvalue weighted by Crippen LogP contribution is 2.19. The van der Waals surface area contributed by atoms with E-state index in [9.17, 15) is 13.5 Å². The fraction of sp³-hybridized carbons (Fsp3) is 0.500. The highest BCUT2D eigenvalue weighted by atomic mass is 32.2. The van der Waals surface area contributed by atoms with Crippen LogP contribution in [0.3, 0.4) is 0 Å². The SMILES string of the molecule is CC(C)c1cccc(C(O)NS(=O)(=O)N(C)C)c1. The van der Waals surface area contributed by atoms with Crippen molar-refractivity contribution in [2.24, 2.45) is 0 Å². The van der Waals surface area contributed by atoms with Gasteiger partial charge in [0, 0.05) is 14.1 Å². The lowest BCUT2D eigenvalue weighted by Crippen LogP contribution is -2.38. The Balaban J connectivity index is 2.91. The molecule has 0 fully saturated rings. The first-order chi connectivity index (χ1) is 8.24. The van der Waals surface area contributed by atoms with Gasteiger partial charge >= 0.3 is 0 Å². The van der Waals surface area contributed by atoms with Crippen LogP contribution in [-0.4, -0.2) is 31.9 Å². The summed E-state index contributed by atoms with van der Waals surface area (Å²) in [4.78, 5) is 0. The van der Waals surface area contributed by atoms with E-state index in [-0.39, 0.29) is 0 Å². The van der Waals surface area contributed by atoms with Gasteiger partial charge in [-0.2, -0.15) is 17.4 Å². The summed E-state index contributed by atoms with van der Waals surface area (Å²) < 4.78 is 26.4. The molecule has 0 aliphatic heterocycles. The number of rotatable bonds is 5. The van der Waals surface area contributed by atoms with E-state index in [1.165, 1.54) is 14.1 Å². The Bertz CT molecular complexity index is 498. The summed E-state index contributed by atoms with van der Waals surface area (Å²) in [5.41, 5.74) is 1.59. The maximum absolute atomic E-state index is 11.6. The second kappa shape index (κ2) is 5.79. The maximum Gasteiger partial charge on any atom is 0.281 e. The molecule has 1 rings (SSSR count). The van der Waals surface area contributed by atoms with Crippen LogP contribution in [0.5, 0.6) is 0 Å². The third-order valence-corrected chi connectivity index (χ3v) is 4.12. The Morgan fingerprint density at radius 1 is 1.22 bits per heavy atom. The molecule has 0 heterocycles. The second-order valence-electron chi connectivity index (χ2n) is 4.63. The fourth-order valence-corrected chi connectivity index (χ4v) is 2.03. The van der Waals surface area contributed by atoms with Crippen LogP contribution in [0.4, 0.5) is 0 Å². The predicted molar refractivity (Wildman–Crippen MR) is 71.2 cm³/mol. The van der Waals surface area contributed by atoms with E-state index in [1.807, 2.05) is 19.9 Å². The highest BCUT2D eigenvalue weighted by Gasteiger charge is 2.19. The van der Waals surface area contributed by atoms with Gasteiger partial charge < -0.3 is 5.11 Å². The molecule has 102 valence electrons. The first-order valence-electron chi connectivity index (χ1n) is 5.71. The molecule has 1 aromatic rings. The van der Waals surface area contributed by atoms with Crippen LogP contribution in [0.25, 0.3) is 0 Å². The van der Waals surface area contributed by atoms with Crippen molar-refractivity contribution >= 4 is 10.2 Å². The molecule has 0 radical (unpaired) electrons. The zero-order valence-corrected chi connectivity index (χ0v) is 11.9. The number of aliphatic hydroxyl groups is 1. The lowest BCUT2D eigenvalue weighted by Gasteiger charge is -2.18. The van der Waals surface area contributed by atoms with Crippen LogP contribution < -0.4 is 4.72 Å². The van der Waals surface area contributed by atoms with E-state index in [0.29, 0.717) is 11.5 Å². The Hall–Kier alpha value is -0.950. The van der Waals surface area contributed by atoms with Crippen LogP contribution in [0.15, 0.2) is 24.3 Å². The molecule has 0 amide bonds. The number of nitrogens with one attached hydrogen (secondary N) is 1. The van der Waals surface area contributed by atoms with E-state index in [2.05, 4.69) is 4.72 Å². The van der Waals surface area contributed by atoms with Crippen LogP contribution in [0.1, 0.15) is 37.1 Å². The lowest BCUT2D eigenvalue weighted by molar-refractivity contribution is 0.164. The summed E-state index contributed by atoms with van der Waals surface area (Å²) in [6, 6.07) is 7.24. The number of hydrogen-bond acceptors (Lipinski definition) is 3. The van der Waals surface area contributed by atoms with Gasteiger partial charge in [-0.25, -0.2) is 0 Å². The molecular weight excluding hydrogens is 252 g/mol. The van der Waals surface area contributed by atoms with Gasteiger partial charge in [0.15, 0.2) is 0 Å². The Morgan fingerprint density at radius 3 is 2.28 bits per heavy atom. The molecule has 1 unspecified atom stereocenters. The van der Waals surface area contributed by atoms with Crippen molar-refractivity contribution in [2.75, 3.05) is 14.1 Å². The third-order valence-electron chi connectivity index (χ3n) is 2.63. The first kappa shape index (κ1) is 15.1. The fourth-order valence-electron chi connectivity index (χ4n) is 1.40.